The molecule has 2 spiro atoms. The van der Waals surface area contributed by atoms with E-state index < -0.39 is 69.4 Å². The highest BCUT2D eigenvalue weighted by Gasteiger charge is 2.74. The van der Waals surface area contributed by atoms with Crippen molar-refractivity contribution in [3.05, 3.63) is 11.6 Å². The van der Waals surface area contributed by atoms with Crippen LogP contribution in [-0.2, 0) is 23.8 Å². The van der Waals surface area contributed by atoms with Crippen LogP contribution in [0.4, 0.5) is 0 Å². The molecule has 11 heteroatoms. The summed E-state index contributed by atoms with van der Waals surface area (Å²) < 4.78 is 18.2. The molecule has 0 aromatic carbocycles. The fourth-order valence-corrected chi connectivity index (χ4v) is 14.7. The number of allylic oxidation sites excluding steroid dienone is 1. The second-order valence-electron chi connectivity index (χ2n) is 20.1. The van der Waals surface area contributed by atoms with E-state index in [2.05, 4.69) is 31.0 Å². The Kier molecular flexibility index (Phi) is 9.17. The van der Waals surface area contributed by atoms with Gasteiger partial charge in [-0.2, -0.15) is 0 Å². The highest BCUT2D eigenvalue weighted by atomic mass is 16.5. The van der Waals surface area contributed by atoms with Crippen molar-refractivity contribution >= 4 is 11.7 Å². The van der Waals surface area contributed by atoms with Crippen molar-refractivity contribution < 1.29 is 44.2 Å². The fraction of sp³-hybridized carbons (Fsp3) is 0.864. The average molecular weight is 765 g/mol. The third kappa shape index (κ3) is 5.17. The molecule has 7 fully saturated rings. The minimum Gasteiger partial charge on any atom is -0.387 e. The zero-order valence-electron chi connectivity index (χ0n) is 33.5. The van der Waals surface area contributed by atoms with Crippen molar-refractivity contribution in [2.75, 3.05) is 26.9 Å². The monoisotopic (exact) mass is 764 g/mol. The number of carbonyl (C=O) groups excluding carboxylic acids is 2. The second-order valence-corrected chi connectivity index (χ2v) is 20.1. The van der Waals surface area contributed by atoms with Crippen LogP contribution in [-0.4, -0.2) is 118 Å². The van der Waals surface area contributed by atoms with E-state index in [0.717, 1.165) is 44.9 Å². The quantitative estimate of drug-likeness (QED) is 0.160. The van der Waals surface area contributed by atoms with Crippen molar-refractivity contribution in [2.24, 2.45) is 45.3 Å². The van der Waals surface area contributed by atoms with Crippen LogP contribution in [0.25, 0.3) is 0 Å². The Morgan fingerprint density at radius 1 is 0.982 bits per heavy atom. The van der Waals surface area contributed by atoms with E-state index in [1.165, 1.54) is 0 Å². The van der Waals surface area contributed by atoms with Gasteiger partial charge in [-0.25, -0.2) is 0 Å². The van der Waals surface area contributed by atoms with E-state index in [-0.39, 0.29) is 41.6 Å². The zero-order chi connectivity index (χ0) is 38.9. The number of ether oxygens (including phenoxy) is 3. The number of hydrogen-bond donors (Lipinski definition) is 5. The van der Waals surface area contributed by atoms with E-state index in [0.29, 0.717) is 63.9 Å². The molecule has 11 nitrogen and oxygen atoms in total. The molecule has 0 radical (unpaired) electrons. The van der Waals surface area contributed by atoms with Crippen LogP contribution in [0.15, 0.2) is 11.6 Å². The third-order valence-corrected chi connectivity index (χ3v) is 17.8. The lowest BCUT2D eigenvalue weighted by molar-refractivity contribution is -0.205. The van der Waals surface area contributed by atoms with Crippen LogP contribution in [0.1, 0.15) is 111 Å². The predicted octanol–water partition coefficient (Wildman–Crippen LogP) is 3.25. The molecular weight excluding hydrogens is 700 g/mol. The van der Waals surface area contributed by atoms with E-state index >= 15 is 0 Å². The predicted molar refractivity (Wildman–Crippen MR) is 202 cm³/mol. The molecule has 0 aromatic heterocycles. The van der Waals surface area contributed by atoms with Crippen LogP contribution in [0.5, 0.6) is 0 Å². The van der Waals surface area contributed by atoms with E-state index in [9.17, 15) is 30.0 Å². The zero-order valence-corrected chi connectivity index (χ0v) is 33.5. The number of nitrogens with zero attached hydrogens (tertiary/aromatic N) is 1. The van der Waals surface area contributed by atoms with Gasteiger partial charge in [0, 0.05) is 56.0 Å². The molecule has 16 unspecified atom stereocenters. The van der Waals surface area contributed by atoms with Crippen LogP contribution < -0.4 is 5.32 Å². The molecule has 16 atom stereocenters. The molecule has 5 heterocycles. The van der Waals surface area contributed by atoms with Crippen LogP contribution >= 0.6 is 0 Å². The van der Waals surface area contributed by atoms with Gasteiger partial charge >= 0.3 is 0 Å². The Labute approximate surface area is 326 Å². The van der Waals surface area contributed by atoms with E-state index in [1.54, 1.807) is 20.1 Å². The summed E-state index contributed by atoms with van der Waals surface area (Å²) >= 11 is 0. The van der Waals surface area contributed by atoms with Crippen LogP contribution in [0.3, 0.4) is 0 Å². The lowest BCUT2D eigenvalue weighted by Crippen LogP contribution is -2.67. The first kappa shape index (κ1) is 38.6. The Hall–Kier alpha value is -1.88. The maximum absolute atomic E-state index is 14.5. The molecule has 1 amide bonds. The summed E-state index contributed by atoms with van der Waals surface area (Å²) in [4.78, 5) is 30.9. The Morgan fingerprint density at radius 2 is 1.75 bits per heavy atom. The highest BCUT2D eigenvalue weighted by molar-refractivity contribution is 5.96. The maximum Gasteiger partial charge on any atom is 0.240 e. The third-order valence-electron chi connectivity index (χ3n) is 17.8. The molecule has 10 rings (SSSR count). The lowest BCUT2D eigenvalue weighted by atomic mass is 9.39. The highest BCUT2D eigenvalue weighted by Crippen LogP contribution is 2.73. The van der Waals surface area contributed by atoms with Gasteiger partial charge in [0.25, 0.3) is 0 Å². The number of fused-ring (bicyclic) bond motifs is 4. The van der Waals surface area contributed by atoms with E-state index in [1.807, 2.05) is 11.8 Å². The topological polar surface area (TPSA) is 158 Å². The summed E-state index contributed by atoms with van der Waals surface area (Å²) in [7, 11) is 1.68. The molecule has 5 aliphatic carbocycles. The van der Waals surface area contributed by atoms with Gasteiger partial charge < -0.3 is 39.5 Å². The number of carbonyl (C=O) groups is 2. The summed E-state index contributed by atoms with van der Waals surface area (Å²) in [5.74, 6) is 6.12. The molecule has 5 N–H and O–H groups in total. The summed E-state index contributed by atoms with van der Waals surface area (Å²) in [6.07, 6.45) is 6.86. The number of ketones is 1. The molecule has 7 bridgehead atoms. The molecule has 10 aliphatic rings. The van der Waals surface area contributed by atoms with Gasteiger partial charge in [-0.1, -0.05) is 39.5 Å². The first-order valence-corrected chi connectivity index (χ1v) is 21.5. The van der Waals surface area contributed by atoms with Gasteiger partial charge in [-0.15, -0.1) is 5.92 Å². The van der Waals surface area contributed by atoms with Gasteiger partial charge in [0.05, 0.1) is 40.9 Å². The number of hydrogen-bond acceptors (Lipinski definition) is 10. The normalized spacial score (nSPS) is 52.2. The van der Waals surface area contributed by atoms with E-state index in [4.69, 9.17) is 14.2 Å². The van der Waals surface area contributed by atoms with Crippen molar-refractivity contribution in [1.29, 1.82) is 0 Å². The average Bonchev–Trinajstić information content (AvgIpc) is 3.43. The minimum atomic E-state index is -1.67. The van der Waals surface area contributed by atoms with Gasteiger partial charge in [0.2, 0.25) is 5.91 Å². The maximum atomic E-state index is 14.5. The number of aliphatic hydroxyl groups is 4. The number of methoxy groups -OCH3 is 1. The molecule has 5 aliphatic heterocycles. The summed E-state index contributed by atoms with van der Waals surface area (Å²) in [6, 6.07) is -0.619. The molecular formula is C44H64N2O9. The minimum absolute atomic E-state index is 0.00541. The number of rotatable bonds is 5. The second kappa shape index (κ2) is 13.1. The van der Waals surface area contributed by atoms with Gasteiger partial charge in [0.15, 0.2) is 5.78 Å². The number of nitrogens with one attached hydrogen (secondary N) is 1. The van der Waals surface area contributed by atoms with Crippen molar-refractivity contribution in [3.8, 4) is 11.8 Å². The number of piperidine rings is 1. The summed E-state index contributed by atoms with van der Waals surface area (Å²) in [5, 5.41) is 53.3. The van der Waals surface area contributed by atoms with Crippen molar-refractivity contribution in [2.45, 2.75) is 165 Å². The molecule has 4 saturated carbocycles. The number of aliphatic hydroxyl groups excluding tert-OH is 2. The first-order valence-electron chi connectivity index (χ1n) is 21.5. The Bertz CT molecular complexity index is 1680. The molecule has 55 heavy (non-hydrogen) atoms. The summed E-state index contributed by atoms with van der Waals surface area (Å²) in [6.45, 7) is 9.80. The standard InChI is InChI=1S/C44H64N2O9/c1-25-32-34-37(49)45-35(42(32)13-6-7-14-42)38(50)46-24-26(46)10-8-15-43-19-18-40(3)30(41(4,51)36(48)33(25)55-34)12-17-44(40,52)31(43)23-29(47)28-22-27(11-16-39(28,43)2)54-21-9-20-53-5/h23,25-28,30,32-37,45,48-49,51-52H,6-7,9-14,16-22,24H2,1-5H3. The molecule has 3 saturated heterocycles. The SMILES string of the molecule is COCCCOC1CCC2(C)C(C1)C(=O)C=C1C3(O)CCC4C(C)(O)C(O)C5OC6C(O)NC(C(=O)N7CC7CC#CC12CCC43C)C1(CCCC1)C6C5C. The van der Waals surface area contributed by atoms with Crippen LogP contribution in [0, 0.1) is 57.2 Å². The largest absolute Gasteiger partial charge is 0.387 e. The van der Waals surface area contributed by atoms with Crippen molar-refractivity contribution in [3.63, 3.8) is 0 Å². The lowest BCUT2D eigenvalue weighted by Gasteiger charge is -2.64. The molecule has 304 valence electrons. The van der Waals surface area contributed by atoms with Gasteiger partial charge in [-0.3, -0.25) is 14.9 Å². The van der Waals surface area contributed by atoms with Crippen molar-refractivity contribution in [1.82, 2.24) is 10.2 Å². The Balaban J connectivity index is 1.14. The fourth-order valence-electron chi connectivity index (χ4n) is 14.7. The smallest absolute Gasteiger partial charge is 0.240 e. The first-order chi connectivity index (χ1) is 26.1. The molecule has 0 aromatic rings. The van der Waals surface area contributed by atoms with Crippen LogP contribution in [0.2, 0.25) is 0 Å². The van der Waals surface area contributed by atoms with Gasteiger partial charge in [0.1, 0.15) is 18.4 Å². The number of amides is 1. The summed E-state index contributed by atoms with van der Waals surface area (Å²) in [5.41, 5.74) is -5.07. The van der Waals surface area contributed by atoms with Gasteiger partial charge in [-0.05, 0) is 100 Å². The Morgan fingerprint density at radius 3 is 2.49 bits per heavy atom.